The lowest BCUT2D eigenvalue weighted by Crippen LogP contribution is -2.54. The van der Waals surface area contributed by atoms with Crippen LogP contribution in [0.25, 0.3) is 10.9 Å². The molecular weight excluding hydrogens is 584 g/mol. The number of carboxylic acid groups (broad SMARTS) is 1. The molecule has 10 nitrogen and oxygen atoms in total. The molecule has 46 heavy (non-hydrogen) atoms. The normalized spacial score (nSPS) is 33.1. The summed E-state index contributed by atoms with van der Waals surface area (Å²) in [7, 11) is 0. The molecule has 2 aromatic rings. The van der Waals surface area contributed by atoms with Gasteiger partial charge in [0.15, 0.2) is 6.61 Å². The summed E-state index contributed by atoms with van der Waals surface area (Å²) >= 11 is 0. The summed E-state index contributed by atoms with van der Waals surface area (Å²) in [5.74, 6) is 2.01. The lowest BCUT2D eigenvalue weighted by atomic mass is 9.46. The molecule has 1 heterocycles. The van der Waals surface area contributed by atoms with Gasteiger partial charge in [-0.05, 0) is 92.2 Å². The molecule has 0 radical (unpaired) electrons. The molecular formula is C36H44N4O6. The smallest absolute Gasteiger partial charge is 0.326 e. The fourth-order valence-electron chi connectivity index (χ4n) is 9.27. The first kappa shape index (κ1) is 31.9. The van der Waals surface area contributed by atoms with Crippen LogP contribution in [-0.2, 0) is 25.6 Å². The van der Waals surface area contributed by atoms with Crippen LogP contribution in [0.5, 0.6) is 0 Å². The Morgan fingerprint density at radius 2 is 1.89 bits per heavy atom. The number of aromatic nitrogens is 1. The minimum atomic E-state index is -1.16. The highest BCUT2D eigenvalue weighted by molar-refractivity contribution is 5.96. The van der Waals surface area contributed by atoms with Crippen molar-refractivity contribution < 1.29 is 29.4 Å². The number of terminal acetylenes is 1. The first-order chi connectivity index (χ1) is 22.0. The summed E-state index contributed by atoms with van der Waals surface area (Å²) in [5, 5.41) is 31.0. The lowest BCUT2D eigenvalue weighted by molar-refractivity contribution is -0.141. The monoisotopic (exact) mass is 628 g/mol. The number of fused-ring (bicyclic) bond motifs is 6. The Bertz CT molecular complexity index is 1640. The van der Waals surface area contributed by atoms with Crippen LogP contribution in [0.1, 0.15) is 70.8 Å². The number of para-hydroxylation sites is 1. The highest BCUT2D eigenvalue weighted by Gasteiger charge is 2.63. The van der Waals surface area contributed by atoms with Gasteiger partial charge in [0, 0.05) is 28.9 Å². The Morgan fingerprint density at radius 3 is 2.67 bits per heavy atom. The molecule has 3 fully saturated rings. The molecule has 0 saturated heterocycles. The van der Waals surface area contributed by atoms with Crippen LogP contribution < -0.4 is 10.6 Å². The van der Waals surface area contributed by atoms with E-state index in [2.05, 4.69) is 46.6 Å². The summed E-state index contributed by atoms with van der Waals surface area (Å²) < 4.78 is 0. The summed E-state index contributed by atoms with van der Waals surface area (Å²) in [6, 6.07) is 6.39. The maximum absolute atomic E-state index is 12.5. The Morgan fingerprint density at radius 1 is 1.11 bits per heavy atom. The fourth-order valence-corrected chi connectivity index (χ4v) is 9.27. The Balaban J connectivity index is 0.987. The topological polar surface area (TPSA) is 153 Å². The van der Waals surface area contributed by atoms with E-state index in [0.29, 0.717) is 24.2 Å². The van der Waals surface area contributed by atoms with Gasteiger partial charge >= 0.3 is 5.97 Å². The second-order valence-corrected chi connectivity index (χ2v) is 14.2. The molecule has 0 bridgehead atoms. The number of aromatic amines is 1. The third kappa shape index (κ3) is 5.59. The quantitative estimate of drug-likeness (QED) is 0.208. The van der Waals surface area contributed by atoms with E-state index >= 15 is 0 Å². The molecule has 2 amide bonds. The van der Waals surface area contributed by atoms with Crippen LogP contribution in [0.15, 0.2) is 47.3 Å². The molecule has 244 valence electrons. The van der Waals surface area contributed by atoms with E-state index in [9.17, 15) is 24.6 Å². The second-order valence-electron chi connectivity index (χ2n) is 14.2. The van der Waals surface area contributed by atoms with Gasteiger partial charge in [-0.2, -0.15) is 0 Å². The molecule has 1 aromatic carbocycles. The van der Waals surface area contributed by atoms with Gasteiger partial charge in [-0.3, -0.25) is 9.59 Å². The average Bonchev–Trinajstić information content (AvgIpc) is 3.57. The third-order valence-electron chi connectivity index (χ3n) is 11.9. The van der Waals surface area contributed by atoms with E-state index in [1.54, 1.807) is 6.20 Å². The summed E-state index contributed by atoms with van der Waals surface area (Å²) in [5.41, 5.74) is 2.72. The zero-order valence-corrected chi connectivity index (χ0v) is 26.6. The Hall–Kier alpha value is -4.10. The second kappa shape index (κ2) is 12.3. The van der Waals surface area contributed by atoms with Crippen molar-refractivity contribution in [2.24, 2.45) is 33.7 Å². The molecule has 0 unspecified atom stereocenters. The number of H-pyrrole nitrogens is 1. The Labute approximate surface area is 269 Å². The number of nitrogens with zero attached hydrogens (tertiary/aromatic N) is 1. The molecule has 7 atom stereocenters. The molecule has 4 aliphatic rings. The van der Waals surface area contributed by atoms with E-state index in [4.69, 9.17) is 11.3 Å². The van der Waals surface area contributed by atoms with Crippen molar-refractivity contribution in [2.45, 2.75) is 83.3 Å². The number of rotatable bonds is 9. The van der Waals surface area contributed by atoms with Gasteiger partial charge in [-0.15, -0.1) is 6.42 Å². The summed E-state index contributed by atoms with van der Waals surface area (Å²) in [4.78, 5) is 45.2. The number of hydrogen-bond acceptors (Lipinski definition) is 6. The predicted octanol–water partition coefficient (Wildman–Crippen LogP) is 4.10. The zero-order chi connectivity index (χ0) is 32.7. The Kier molecular flexibility index (Phi) is 8.49. The fraction of sp³-hybridized carbons (Fsp3) is 0.556. The van der Waals surface area contributed by atoms with Crippen LogP contribution >= 0.6 is 0 Å². The van der Waals surface area contributed by atoms with E-state index in [-0.39, 0.29) is 30.4 Å². The van der Waals surface area contributed by atoms with Gasteiger partial charge in [0.2, 0.25) is 5.91 Å². The van der Waals surface area contributed by atoms with Gasteiger partial charge in [0.25, 0.3) is 5.91 Å². The molecule has 5 N–H and O–H groups in total. The van der Waals surface area contributed by atoms with Crippen LogP contribution in [0, 0.1) is 40.9 Å². The number of carbonyl (C=O) groups is 3. The lowest BCUT2D eigenvalue weighted by Gasteiger charge is -2.58. The molecule has 0 spiro atoms. The van der Waals surface area contributed by atoms with E-state index < -0.39 is 29.4 Å². The maximum atomic E-state index is 12.5. The standard InChI is InChI=1S/C36H44N4O6/c1-4-36(45)16-13-28-26-10-9-23-18-24(11-14-34(23,2)27(26)12-15-35(28,36)3)40-46-21-32(42)38-20-31(41)39-30(33(43)44)17-22-19-37-29-8-6-5-7-25(22)29/h1,5-8,18-19,26-28,30,37,45H,9-17,20-21H2,2-3H3,(H,38,42)(H,39,41)(H,43,44)/b40-24+/t26-,27-,28-,30+,34+,35+,36-/m1/s1. The van der Waals surface area contributed by atoms with Crippen LogP contribution in [0.3, 0.4) is 0 Å². The predicted molar refractivity (Wildman–Crippen MR) is 173 cm³/mol. The molecule has 3 saturated carbocycles. The van der Waals surface area contributed by atoms with Crippen LogP contribution in [0.4, 0.5) is 0 Å². The van der Waals surface area contributed by atoms with Gasteiger partial charge in [0.05, 0.1) is 12.3 Å². The number of amides is 2. The minimum absolute atomic E-state index is 0.0763. The molecule has 1 aromatic heterocycles. The van der Waals surface area contributed by atoms with Crippen molar-refractivity contribution >= 4 is 34.4 Å². The van der Waals surface area contributed by atoms with Crippen molar-refractivity contribution in [1.82, 2.24) is 15.6 Å². The summed E-state index contributed by atoms with van der Waals surface area (Å²) in [6.07, 6.45) is 17.3. The number of aliphatic carboxylic acids is 1. The van der Waals surface area contributed by atoms with Crippen LogP contribution in [-0.4, -0.2) is 63.5 Å². The maximum Gasteiger partial charge on any atom is 0.326 e. The minimum Gasteiger partial charge on any atom is -0.480 e. The van der Waals surface area contributed by atoms with E-state index in [1.807, 2.05) is 24.3 Å². The van der Waals surface area contributed by atoms with Gasteiger partial charge in [-0.25, -0.2) is 4.79 Å². The van der Waals surface area contributed by atoms with Crippen molar-refractivity contribution in [1.29, 1.82) is 0 Å². The highest BCUT2D eigenvalue weighted by atomic mass is 16.6. The summed E-state index contributed by atoms with van der Waals surface area (Å²) in [6.45, 7) is 3.86. The number of allylic oxidation sites excluding steroid dienone is 2. The number of carbonyl (C=O) groups excluding carboxylic acids is 2. The number of aliphatic hydroxyl groups is 1. The van der Waals surface area contributed by atoms with Crippen molar-refractivity contribution in [3.05, 3.63) is 47.7 Å². The number of nitrogens with one attached hydrogen (secondary N) is 3. The van der Waals surface area contributed by atoms with E-state index in [0.717, 1.165) is 67.1 Å². The SMILES string of the molecule is C#C[C@@]1(O)CC[C@@H]2[C@@H]3CCC4=C/C(=N/OCC(=O)NCC(=O)N[C@@H](Cc5c[nH]c6ccccc56)C(=O)O)CC[C@]4(C)[C@@H]3CC[C@@]21C. The third-order valence-corrected chi connectivity index (χ3v) is 11.9. The first-order valence-electron chi connectivity index (χ1n) is 16.4. The number of benzene rings is 1. The highest BCUT2D eigenvalue weighted by Crippen LogP contribution is 2.67. The van der Waals surface area contributed by atoms with E-state index in [1.165, 1.54) is 5.57 Å². The van der Waals surface area contributed by atoms with Gasteiger partial charge in [-0.1, -0.05) is 48.7 Å². The average molecular weight is 629 g/mol. The molecule has 6 rings (SSSR count). The van der Waals surface area contributed by atoms with Crippen LogP contribution in [0.2, 0.25) is 0 Å². The first-order valence-corrected chi connectivity index (χ1v) is 16.4. The number of hydrogen-bond donors (Lipinski definition) is 5. The van der Waals surface area contributed by atoms with Gasteiger partial charge in [0.1, 0.15) is 11.6 Å². The van der Waals surface area contributed by atoms with Crippen molar-refractivity contribution in [3.63, 3.8) is 0 Å². The number of carboxylic acids is 1. The molecule has 10 heteroatoms. The largest absolute Gasteiger partial charge is 0.480 e. The number of oxime groups is 1. The van der Waals surface area contributed by atoms with Crippen molar-refractivity contribution in [3.8, 4) is 12.3 Å². The molecule has 4 aliphatic carbocycles. The van der Waals surface area contributed by atoms with Gasteiger partial charge < -0.3 is 30.7 Å². The zero-order valence-electron chi connectivity index (χ0n) is 26.6. The molecule has 0 aliphatic heterocycles. The van der Waals surface area contributed by atoms with Crippen molar-refractivity contribution in [2.75, 3.05) is 13.2 Å².